The highest BCUT2D eigenvalue weighted by molar-refractivity contribution is 5.26. The first-order chi connectivity index (χ1) is 7.36. The summed E-state index contributed by atoms with van der Waals surface area (Å²) >= 11 is 0. The van der Waals surface area contributed by atoms with E-state index < -0.39 is 0 Å². The van der Waals surface area contributed by atoms with Crippen LogP contribution in [-0.4, -0.2) is 4.98 Å². The van der Waals surface area contributed by atoms with Gasteiger partial charge < -0.3 is 0 Å². The quantitative estimate of drug-likeness (QED) is 0.672. The lowest BCUT2D eigenvalue weighted by Gasteiger charge is -1.99. The molecule has 0 spiro atoms. The van der Waals surface area contributed by atoms with Crippen molar-refractivity contribution in [3.05, 3.63) is 67.0 Å². The standard InChI is InChI=1S/C12H13N.C2H6/c1-3-7-11(4-2)10-12-8-5-6-9-13-12;1-2/h3-9H,1-2,10H2;1-2H3/b11-7+;. The number of rotatable bonds is 4. The molecule has 0 N–H and O–H groups in total. The predicted molar refractivity (Wildman–Crippen MR) is 67.8 cm³/mol. The van der Waals surface area contributed by atoms with E-state index in [1.165, 1.54) is 0 Å². The van der Waals surface area contributed by atoms with Gasteiger partial charge in [-0.1, -0.05) is 51.3 Å². The fourth-order valence-corrected chi connectivity index (χ4v) is 1.06. The zero-order valence-electron chi connectivity index (χ0n) is 9.61. The fraction of sp³-hybridized carbons (Fsp3) is 0.214. The van der Waals surface area contributed by atoms with E-state index in [1.807, 2.05) is 44.2 Å². The first kappa shape index (κ1) is 13.4. The van der Waals surface area contributed by atoms with Crippen molar-refractivity contribution in [2.75, 3.05) is 0 Å². The van der Waals surface area contributed by atoms with Crippen molar-refractivity contribution < 1.29 is 0 Å². The predicted octanol–water partition coefficient (Wildman–Crippen LogP) is 3.95. The number of allylic oxidation sites excluding steroid dienone is 4. The van der Waals surface area contributed by atoms with Crippen molar-refractivity contribution in [1.82, 2.24) is 4.98 Å². The molecule has 1 nitrogen and oxygen atoms in total. The summed E-state index contributed by atoms with van der Waals surface area (Å²) in [6.45, 7) is 11.4. The third-order valence-electron chi connectivity index (χ3n) is 1.71. The third kappa shape index (κ3) is 5.63. The number of aromatic nitrogens is 1. The molecule has 15 heavy (non-hydrogen) atoms. The molecule has 0 aliphatic heterocycles. The highest BCUT2D eigenvalue weighted by atomic mass is 14.7. The van der Waals surface area contributed by atoms with Crippen LogP contribution in [0, 0.1) is 0 Å². The number of hydrogen-bond donors (Lipinski definition) is 0. The second-order valence-corrected chi connectivity index (χ2v) is 2.68. The molecule has 0 aromatic carbocycles. The van der Waals surface area contributed by atoms with Gasteiger partial charge in [0.25, 0.3) is 0 Å². The smallest absolute Gasteiger partial charge is 0.0447 e. The summed E-state index contributed by atoms with van der Waals surface area (Å²) in [5.74, 6) is 0. The van der Waals surface area contributed by atoms with Crippen LogP contribution in [-0.2, 0) is 6.42 Å². The van der Waals surface area contributed by atoms with Crippen LogP contribution in [0.15, 0.2) is 61.4 Å². The third-order valence-corrected chi connectivity index (χ3v) is 1.71. The Hall–Kier alpha value is -1.63. The summed E-state index contributed by atoms with van der Waals surface area (Å²) in [6.07, 6.45) is 8.15. The molecule has 1 heterocycles. The van der Waals surface area contributed by atoms with Gasteiger partial charge in [-0.15, -0.1) is 0 Å². The van der Waals surface area contributed by atoms with Gasteiger partial charge in [0.1, 0.15) is 0 Å². The van der Waals surface area contributed by atoms with Crippen LogP contribution < -0.4 is 0 Å². The molecule has 0 amide bonds. The monoisotopic (exact) mass is 201 g/mol. The van der Waals surface area contributed by atoms with Gasteiger partial charge >= 0.3 is 0 Å². The molecule has 0 fully saturated rings. The molecule has 1 aromatic rings. The first-order valence-electron chi connectivity index (χ1n) is 5.20. The Morgan fingerprint density at radius 3 is 2.53 bits per heavy atom. The van der Waals surface area contributed by atoms with Crippen molar-refractivity contribution in [3.8, 4) is 0 Å². The Balaban J connectivity index is 0.000000921. The highest BCUT2D eigenvalue weighted by Crippen LogP contribution is 2.05. The van der Waals surface area contributed by atoms with Gasteiger partial charge in [0, 0.05) is 18.3 Å². The topological polar surface area (TPSA) is 12.9 Å². The minimum absolute atomic E-state index is 0.816. The molecule has 0 bridgehead atoms. The molecule has 0 aliphatic rings. The van der Waals surface area contributed by atoms with Crippen LogP contribution in [0.25, 0.3) is 0 Å². The van der Waals surface area contributed by atoms with Gasteiger partial charge in [0.05, 0.1) is 0 Å². The average Bonchev–Trinajstić information content (AvgIpc) is 2.32. The van der Waals surface area contributed by atoms with Crippen molar-refractivity contribution >= 4 is 0 Å². The lowest BCUT2D eigenvalue weighted by molar-refractivity contribution is 1.08. The molecule has 0 saturated heterocycles. The molecule has 0 aliphatic carbocycles. The van der Waals surface area contributed by atoms with E-state index in [1.54, 1.807) is 12.3 Å². The van der Waals surface area contributed by atoms with Gasteiger partial charge in [0.2, 0.25) is 0 Å². The van der Waals surface area contributed by atoms with Crippen molar-refractivity contribution in [2.45, 2.75) is 20.3 Å². The van der Waals surface area contributed by atoms with Crippen LogP contribution >= 0.6 is 0 Å². The molecular weight excluding hydrogens is 182 g/mol. The van der Waals surface area contributed by atoms with Crippen LogP contribution in [0.1, 0.15) is 19.5 Å². The Morgan fingerprint density at radius 1 is 1.33 bits per heavy atom. The Labute approximate surface area is 92.9 Å². The summed E-state index contributed by atoms with van der Waals surface area (Å²) in [5, 5.41) is 0. The Morgan fingerprint density at radius 2 is 2.07 bits per heavy atom. The molecule has 0 atom stereocenters. The molecule has 0 radical (unpaired) electrons. The van der Waals surface area contributed by atoms with E-state index in [2.05, 4.69) is 18.1 Å². The zero-order valence-corrected chi connectivity index (χ0v) is 9.61. The van der Waals surface area contributed by atoms with Crippen LogP contribution in [0.3, 0.4) is 0 Å². The maximum absolute atomic E-state index is 4.23. The molecule has 0 saturated carbocycles. The minimum Gasteiger partial charge on any atom is -0.261 e. The summed E-state index contributed by atoms with van der Waals surface area (Å²) in [4.78, 5) is 4.23. The summed E-state index contributed by atoms with van der Waals surface area (Å²) in [6, 6.07) is 5.89. The van der Waals surface area contributed by atoms with Crippen molar-refractivity contribution in [3.63, 3.8) is 0 Å². The zero-order chi connectivity index (χ0) is 11.5. The first-order valence-corrected chi connectivity index (χ1v) is 5.20. The average molecular weight is 201 g/mol. The lowest BCUT2D eigenvalue weighted by Crippen LogP contribution is -1.90. The van der Waals surface area contributed by atoms with Crippen LogP contribution in [0.5, 0.6) is 0 Å². The molecule has 1 heteroatoms. The van der Waals surface area contributed by atoms with E-state index >= 15 is 0 Å². The van der Waals surface area contributed by atoms with E-state index in [0.717, 1.165) is 17.7 Å². The number of hydrogen-bond acceptors (Lipinski definition) is 1. The number of nitrogens with zero attached hydrogens (tertiary/aromatic N) is 1. The van der Waals surface area contributed by atoms with Crippen molar-refractivity contribution in [2.24, 2.45) is 0 Å². The lowest BCUT2D eigenvalue weighted by atomic mass is 10.1. The Bertz CT molecular complexity index is 309. The van der Waals surface area contributed by atoms with Gasteiger partial charge in [-0.25, -0.2) is 0 Å². The molecule has 1 aromatic heterocycles. The van der Waals surface area contributed by atoms with E-state index in [9.17, 15) is 0 Å². The summed E-state index contributed by atoms with van der Waals surface area (Å²) in [5.41, 5.74) is 2.18. The second-order valence-electron chi connectivity index (χ2n) is 2.68. The van der Waals surface area contributed by atoms with Gasteiger partial charge in [-0.05, 0) is 17.7 Å². The summed E-state index contributed by atoms with van der Waals surface area (Å²) in [7, 11) is 0. The molecule has 0 unspecified atom stereocenters. The normalized spacial score (nSPS) is 9.87. The summed E-state index contributed by atoms with van der Waals surface area (Å²) < 4.78 is 0. The van der Waals surface area contributed by atoms with Gasteiger partial charge in [0.15, 0.2) is 0 Å². The molecule has 1 rings (SSSR count). The fourth-order valence-electron chi connectivity index (χ4n) is 1.06. The second kappa shape index (κ2) is 8.95. The molecular formula is C14H19N. The van der Waals surface area contributed by atoms with E-state index in [4.69, 9.17) is 0 Å². The maximum atomic E-state index is 4.23. The SMILES string of the molecule is C=C/C=C(\C=C)Cc1ccccn1.CC. The van der Waals surface area contributed by atoms with Crippen LogP contribution in [0.2, 0.25) is 0 Å². The minimum atomic E-state index is 0.816. The highest BCUT2D eigenvalue weighted by Gasteiger charge is 1.94. The van der Waals surface area contributed by atoms with E-state index in [0.29, 0.717) is 0 Å². The van der Waals surface area contributed by atoms with Crippen LogP contribution in [0.4, 0.5) is 0 Å². The number of pyridine rings is 1. The van der Waals surface area contributed by atoms with Gasteiger partial charge in [-0.3, -0.25) is 4.98 Å². The van der Waals surface area contributed by atoms with Gasteiger partial charge in [-0.2, -0.15) is 0 Å². The van der Waals surface area contributed by atoms with Crippen molar-refractivity contribution in [1.29, 1.82) is 0 Å². The maximum Gasteiger partial charge on any atom is 0.0447 e. The van der Waals surface area contributed by atoms with E-state index in [-0.39, 0.29) is 0 Å². The largest absolute Gasteiger partial charge is 0.261 e. The Kier molecular flexibility index (Phi) is 7.97. The molecule has 80 valence electrons.